The minimum atomic E-state index is -4.36. The largest absolute Gasteiger partial charge is 0.416 e. The Balaban J connectivity index is 1.46. The zero-order valence-electron chi connectivity index (χ0n) is 17.1. The molecule has 2 aromatic carbocycles. The van der Waals surface area contributed by atoms with Gasteiger partial charge in [-0.05, 0) is 30.5 Å². The van der Waals surface area contributed by atoms with Gasteiger partial charge in [-0.2, -0.15) is 13.2 Å². The Morgan fingerprint density at radius 2 is 2.00 bits per heavy atom. The Kier molecular flexibility index (Phi) is 5.69. The van der Waals surface area contributed by atoms with Crippen molar-refractivity contribution in [2.75, 3.05) is 6.61 Å². The molecule has 1 saturated heterocycles. The van der Waals surface area contributed by atoms with E-state index in [9.17, 15) is 13.2 Å². The first-order valence-electron chi connectivity index (χ1n) is 10.4. The van der Waals surface area contributed by atoms with Crippen LogP contribution in [-0.4, -0.2) is 32.5 Å². The van der Waals surface area contributed by atoms with E-state index in [4.69, 9.17) is 4.74 Å². The van der Waals surface area contributed by atoms with Crippen molar-refractivity contribution in [1.29, 1.82) is 0 Å². The predicted molar refractivity (Wildman–Crippen MR) is 117 cm³/mol. The molecule has 0 bridgehead atoms. The predicted octanol–water partition coefficient (Wildman–Crippen LogP) is 5.92. The highest BCUT2D eigenvalue weighted by Crippen LogP contribution is 2.34. The van der Waals surface area contributed by atoms with Gasteiger partial charge >= 0.3 is 6.18 Å². The maximum Gasteiger partial charge on any atom is 0.416 e. The summed E-state index contributed by atoms with van der Waals surface area (Å²) < 4.78 is 47.1. The van der Waals surface area contributed by atoms with Crippen molar-refractivity contribution in [2.45, 2.75) is 42.6 Å². The monoisotopic (exact) mass is 458 g/mol. The second-order valence-electron chi connectivity index (χ2n) is 7.79. The summed E-state index contributed by atoms with van der Waals surface area (Å²) in [4.78, 5) is 3.27. The lowest BCUT2D eigenvalue weighted by Crippen LogP contribution is -2.16. The summed E-state index contributed by atoms with van der Waals surface area (Å²) >= 11 is 1.38. The van der Waals surface area contributed by atoms with Crippen molar-refractivity contribution in [1.82, 2.24) is 19.7 Å². The van der Waals surface area contributed by atoms with Gasteiger partial charge in [-0.1, -0.05) is 48.2 Å². The highest BCUT2D eigenvalue weighted by molar-refractivity contribution is 7.98. The van der Waals surface area contributed by atoms with E-state index in [0.717, 1.165) is 47.8 Å². The fraction of sp³-hybridized carbons (Fsp3) is 0.304. The molecule has 32 heavy (non-hydrogen) atoms. The molecule has 1 atom stereocenters. The third-order valence-electron chi connectivity index (χ3n) is 5.58. The van der Waals surface area contributed by atoms with Crippen molar-refractivity contribution in [3.05, 3.63) is 65.9 Å². The summed E-state index contributed by atoms with van der Waals surface area (Å²) in [5, 5.41) is 10.6. The maximum absolute atomic E-state index is 13.1. The van der Waals surface area contributed by atoms with Gasteiger partial charge in [0.25, 0.3) is 0 Å². The Morgan fingerprint density at radius 1 is 1.12 bits per heavy atom. The van der Waals surface area contributed by atoms with Crippen LogP contribution in [0, 0.1) is 0 Å². The Hall–Kier alpha value is -2.78. The van der Waals surface area contributed by atoms with Crippen LogP contribution in [0.3, 0.4) is 0 Å². The number of para-hydroxylation sites is 1. The van der Waals surface area contributed by atoms with Crippen molar-refractivity contribution in [3.63, 3.8) is 0 Å². The van der Waals surface area contributed by atoms with Crippen LogP contribution in [0.25, 0.3) is 22.3 Å². The molecular formula is C23H21F3N4OS. The van der Waals surface area contributed by atoms with E-state index in [1.54, 1.807) is 6.07 Å². The molecule has 4 aromatic rings. The molecule has 0 spiro atoms. The smallest absolute Gasteiger partial charge is 0.376 e. The Bertz CT molecular complexity index is 1230. The van der Waals surface area contributed by atoms with Crippen LogP contribution in [0.2, 0.25) is 0 Å². The van der Waals surface area contributed by atoms with Crippen LogP contribution in [0.5, 0.6) is 0 Å². The van der Waals surface area contributed by atoms with Gasteiger partial charge in [-0.15, -0.1) is 10.2 Å². The average Bonchev–Trinajstić information content (AvgIpc) is 3.52. The van der Waals surface area contributed by atoms with Crippen molar-refractivity contribution < 1.29 is 17.9 Å². The lowest BCUT2D eigenvalue weighted by molar-refractivity contribution is -0.137. The molecule has 0 saturated carbocycles. The number of rotatable bonds is 6. The van der Waals surface area contributed by atoms with Gasteiger partial charge < -0.3 is 9.72 Å². The fourth-order valence-electron chi connectivity index (χ4n) is 3.99. The highest BCUT2D eigenvalue weighted by Gasteiger charge is 2.30. The van der Waals surface area contributed by atoms with Gasteiger partial charge in [-0.3, -0.25) is 4.57 Å². The molecule has 1 fully saturated rings. The van der Waals surface area contributed by atoms with Crippen LogP contribution in [0.4, 0.5) is 13.2 Å². The van der Waals surface area contributed by atoms with Gasteiger partial charge in [0.2, 0.25) is 0 Å². The first-order valence-corrected chi connectivity index (χ1v) is 11.4. The summed E-state index contributed by atoms with van der Waals surface area (Å²) in [6, 6.07) is 13.4. The molecule has 1 N–H and O–H groups in total. The fourth-order valence-corrected chi connectivity index (χ4v) is 4.88. The zero-order chi connectivity index (χ0) is 22.1. The Morgan fingerprint density at radius 3 is 2.81 bits per heavy atom. The number of H-pyrrole nitrogens is 1. The molecule has 166 valence electrons. The number of nitrogens with zero attached hydrogens (tertiary/aromatic N) is 3. The second-order valence-corrected chi connectivity index (χ2v) is 8.73. The molecule has 9 heteroatoms. The van der Waals surface area contributed by atoms with Crippen LogP contribution in [-0.2, 0) is 23.2 Å². The van der Waals surface area contributed by atoms with Crippen molar-refractivity contribution in [2.24, 2.45) is 0 Å². The first-order chi connectivity index (χ1) is 15.5. The van der Waals surface area contributed by atoms with Gasteiger partial charge in [0.15, 0.2) is 11.0 Å². The number of hydrogen-bond donors (Lipinski definition) is 1. The number of hydrogen-bond acceptors (Lipinski definition) is 4. The standard InChI is InChI=1S/C23H21F3N4OS/c24-23(25,26)16-6-3-5-15(11-16)14-32-22-29-28-21(30(22)13-17-7-4-10-31-17)19-12-27-20-9-2-1-8-18(19)20/h1-3,5-6,8-9,11-12,17,27H,4,7,10,13-14H2. The number of thioether (sulfide) groups is 1. The summed E-state index contributed by atoms with van der Waals surface area (Å²) in [5.74, 6) is 1.09. The number of alkyl halides is 3. The SMILES string of the molecule is FC(F)(F)c1cccc(CSc2nnc(-c3c[nH]c4ccccc34)n2CC2CCCO2)c1. The molecule has 3 heterocycles. The van der Waals surface area contributed by atoms with E-state index < -0.39 is 11.7 Å². The molecule has 1 aliphatic heterocycles. The number of fused-ring (bicyclic) bond motifs is 1. The van der Waals surface area contributed by atoms with E-state index in [1.807, 2.05) is 35.0 Å². The summed E-state index contributed by atoms with van der Waals surface area (Å²) in [7, 11) is 0. The molecule has 0 amide bonds. The number of aromatic nitrogens is 4. The molecule has 5 rings (SSSR count). The lowest BCUT2D eigenvalue weighted by Gasteiger charge is -2.14. The molecule has 1 aliphatic rings. The number of benzene rings is 2. The number of ether oxygens (including phenoxy) is 1. The third kappa shape index (κ3) is 4.27. The number of aromatic amines is 1. The molecule has 0 aliphatic carbocycles. The van der Waals surface area contributed by atoms with E-state index in [2.05, 4.69) is 15.2 Å². The van der Waals surface area contributed by atoms with Gasteiger partial charge in [0.05, 0.1) is 18.2 Å². The molecular weight excluding hydrogens is 437 g/mol. The van der Waals surface area contributed by atoms with Crippen molar-refractivity contribution in [3.8, 4) is 11.4 Å². The summed E-state index contributed by atoms with van der Waals surface area (Å²) in [5.41, 5.74) is 1.89. The molecule has 1 unspecified atom stereocenters. The quantitative estimate of drug-likeness (QED) is 0.365. The second kappa shape index (κ2) is 8.63. The normalized spacial score (nSPS) is 16.8. The van der Waals surface area contributed by atoms with Gasteiger partial charge in [-0.25, -0.2) is 0 Å². The summed E-state index contributed by atoms with van der Waals surface area (Å²) in [6.45, 7) is 1.34. The van der Waals surface area contributed by atoms with E-state index in [0.29, 0.717) is 23.0 Å². The average molecular weight is 459 g/mol. The molecule has 5 nitrogen and oxygen atoms in total. The minimum absolute atomic E-state index is 0.0721. The number of halogens is 3. The van der Waals surface area contributed by atoms with E-state index in [-0.39, 0.29) is 6.10 Å². The van der Waals surface area contributed by atoms with E-state index >= 15 is 0 Å². The van der Waals surface area contributed by atoms with Crippen LogP contribution >= 0.6 is 11.8 Å². The third-order valence-corrected chi connectivity index (χ3v) is 6.62. The van der Waals surface area contributed by atoms with Gasteiger partial charge in [0, 0.05) is 35.0 Å². The zero-order valence-corrected chi connectivity index (χ0v) is 17.9. The first kappa shape index (κ1) is 21.1. The highest BCUT2D eigenvalue weighted by atomic mass is 32.2. The van der Waals surface area contributed by atoms with Crippen LogP contribution in [0.1, 0.15) is 24.0 Å². The minimum Gasteiger partial charge on any atom is -0.376 e. The lowest BCUT2D eigenvalue weighted by atomic mass is 10.1. The van der Waals surface area contributed by atoms with Crippen LogP contribution in [0.15, 0.2) is 59.9 Å². The maximum atomic E-state index is 13.1. The Labute approximate surface area is 187 Å². The molecule has 0 radical (unpaired) electrons. The summed E-state index contributed by atoms with van der Waals surface area (Å²) in [6.07, 6.45) is -0.390. The van der Waals surface area contributed by atoms with Crippen LogP contribution < -0.4 is 0 Å². The van der Waals surface area contributed by atoms with Gasteiger partial charge in [0.1, 0.15) is 0 Å². The molecule has 2 aromatic heterocycles. The number of nitrogens with one attached hydrogen (secondary N) is 1. The van der Waals surface area contributed by atoms with E-state index in [1.165, 1.54) is 23.9 Å². The topological polar surface area (TPSA) is 55.7 Å². The van der Waals surface area contributed by atoms with Crippen molar-refractivity contribution >= 4 is 22.7 Å².